The molecule has 2 aliphatic heterocycles. The van der Waals surface area contributed by atoms with Crippen LogP contribution in [0.4, 0.5) is 0 Å². The van der Waals surface area contributed by atoms with Crippen LogP contribution in [0.3, 0.4) is 0 Å². The van der Waals surface area contributed by atoms with Gasteiger partial charge in [0.25, 0.3) is 5.91 Å². The largest absolute Gasteiger partial charge is 0.454 e. The lowest BCUT2D eigenvalue weighted by molar-refractivity contribution is -0.127. The molecule has 1 fully saturated rings. The standard InChI is InChI=1S/C27H26N4O4S2/c1-17-28-21(15-37-17)27(33)31(9-4-8-30-7-2-6-25(30)32)14-19-11-18-12-22-23(35-16-34-22)13-20(18)29-26(19)24-5-3-10-36-24/h3,5,10-13,15H,2,4,6-9,14,16H2,1H3. The fourth-order valence-electron chi connectivity index (χ4n) is 4.83. The van der Waals surface area contributed by atoms with Crippen LogP contribution in [0.25, 0.3) is 21.5 Å². The van der Waals surface area contributed by atoms with Gasteiger partial charge in [-0.05, 0) is 48.9 Å². The minimum atomic E-state index is -0.111. The van der Waals surface area contributed by atoms with Gasteiger partial charge in [0.1, 0.15) is 5.69 Å². The van der Waals surface area contributed by atoms with Crippen molar-refractivity contribution < 1.29 is 19.1 Å². The Balaban J connectivity index is 1.34. The molecule has 0 radical (unpaired) electrons. The summed E-state index contributed by atoms with van der Waals surface area (Å²) < 4.78 is 11.1. The van der Waals surface area contributed by atoms with Gasteiger partial charge in [-0.3, -0.25) is 9.59 Å². The number of pyridine rings is 1. The molecule has 8 nitrogen and oxygen atoms in total. The molecule has 0 unspecified atom stereocenters. The van der Waals surface area contributed by atoms with Crippen LogP contribution in [0.15, 0.2) is 41.1 Å². The minimum absolute atomic E-state index is 0.111. The highest BCUT2D eigenvalue weighted by Crippen LogP contribution is 2.38. The van der Waals surface area contributed by atoms with E-state index in [4.69, 9.17) is 14.5 Å². The SMILES string of the molecule is Cc1nc(C(=O)N(CCCN2CCCC2=O)Cc2cc3cc4c(cc3nc2-c2cccs2)OCO4)cs1. The number of thiophene rings is 1. The molecular weight excluding hydrogens is 508 g/mol. The molecule has 190 valence electrons. The molecule has 37 heavy (non-hydrogen) atoms. The van der Waals surface area contributed by atoms with E-state index >= 15 is 0 Å². The second-order valence-corrected chi connectivity index (χ2v) is 11.2. The van der Waals surface area contributed by atoms with Crippen LogP contribution < -0.4 is 9.47 Å². The number of aryl methyl sites for hydroxylation is 1. The average Bonchev–Trinajstić information content (AvgIpc) is 3.70. The van der Waals surface area contributed by atoms with Gasteiger partial charge in [-0.25, -0.2) is 9.97 Å². The highest BCUT2D eigenvalue weighted by atomic mass is 32.1. The van der Waals surface area contributed by atoms with Crippen molar-refractivity contribution in [1.29, 1.82) is 0 Å². The van der Waals surface area contributed by atoms with Crippen molar-refractivity contribution in [2.75, 3.05) is 26.4 Å². The van der Waals surface area contributed by atoms with E-state index in [-0.39, 0.29) is 18.6 Å². The number of thiazole rings is 1. The Bertz CT molecular complexity index is 1470. The van der Waals surface area contributed by atoms with Crippen molar-refractivity contribution in [3.8, 4) is 22.1 Å². The first-order valence-corrected chi connectivity index (χ1v) is 14.1. The first-order chi connectivity index (χ1) is 18.0. The van der Waals surface area contributed by atoms with Crippen LogP contribution >= 0.6 is 22.7 Å². The van der Waals surface area contributed by atoms with Crippen LogP contribution in [0, 0.1) is 6.92 Å². The number of fused-ring (bicyclic) bond motifs is 2. The molecule has 2 aliphatic rings. The van der Waals surface area contributed by atoms with Crippen molar-refractivity contribution in [2.45, 2.75) is 32.7 Å². The van der Waals surface area contributed by atoms with Crippen molar-refractivity contribution in [2.24, 2.45) is 0 Å². The van der Waals surface area contributed by atoms with E-state index in [9.17, 15) is 9.59 Å². The van der Waals surface area contributed by atoms with Gasteiger partial charge in [0.15, 0.2) is 11.5 Å². The number of hydrogen-bond donors (Lipinski definition) is 0. The maximum atomic E-state index is 13.6. The Morgan fingerprint density at radius 2 is 2.03 bits per heavy atom. The topological polar surface area (TPSA) is 84.9 Å². The molecule has 1 aromatic carbocycles. The van der Waals surface area contributed by atoms with E-state index in [2.05, 4.69) is 11.1 Å². The third kappa shape index (κ3) is 4.91. The van der Waals surface area contributed by atoms with Crippen molar-refractivity contribution in [3.63, 3.8) is 0 Å². The van der Waals surface area contributed by atoms with Gasteiger partial charge in [0.05, 0.1) is 21.1 Å². The van der Waals surface area contributed by atoms with E-state index in [1.54, 1.807) is 11.3 Å². The molecule has 10 heteroatoms. The van der Waals surface area contributed by atoms with E-state index in [0.717, 1.165) is 45.0 Å². The molecule has 0 saturated carbocycles. The summed E-state index contributed by atoms with van der Waals surface area (Å²) in [6, 6.07) is 10.00. The Kier molecular flexibility index (Phi) is 6.52. The summed E-state index contributed by atoms with van der Waals surface area (Å²) in [6.45, 7) is 4.44. The van der Waals surface area contributed by atoms with Crippen LogP contribution in [-0.2, 0) is 11.3 Å². The van der Waals surface area contributed by atoms with Gasteiger partial charge < -0.3 is 19.3 Å². The Morgan fingerprint density at radius 3 is 2.76 bits per heavy atom. The normalized spacial score (nSPS) is 14.6. The monoisotopic (exact) mass is 534 g/mol. The molecule has 0 aliphatic carbocycles. The third-order valence-electron chi connectivity index (χ3n) is 6.66. The molecule has 3 aromatic heterocycles. The summed E-state index contributed by atoms with van der Waals surface area (Å²) in [5.41, 5.74) is 3.07. The number of ether oxygens (including phenoxy) is 2. The molecule has 6 rings (SSSR count). The molecule has 5 heterocycles. The van der Waals surface area contributed by atoms with Crippen LogP contribution in [0.1, 0.15) is 40.3 Å². The summed E-state index contributed by atoms with van der Waals surface area (Å²) in [6.07, 6.45) is 2.23. The average molecular weight is 535 g/mol. The van der Waals surface area contributed by atoms with Crippen molar-refractivity contribution >= 4 is 45.4 Å². The zero-order valence-electron chi connectivity index (χ0n) is 20.4. The second-order valence-electron chi connectivity index (χ2n) is 9.19. The lowest BCUT2D eigenvalue weighted by Gasteiger charge is -2.25. The smallest absolute Gasteiger partial charge is 0.273 e. The quantitative estimate of drug-likeness (QED) is 0.312. The molecule has 0 atom stereocenters. The number of rotatable bonds is 8. The summed E-state index contributed by atoms with van der Waals surface area (Å²) in [7, 11) is 0. The Hall–Kier alpha value is -3.50. The number of amides is 2. The highest BCUT2D eigenvalue weighted by molar-refractivity contribution is 7.13. The molecule has 4 aromatic rings. The Labute approximate surface area is 222 Å². The second kappa shape index (κ2) is 10.1. The van der Waals surface area contributed by atoms with Crippen LogP contribution in [0.5, 0.6) is 11.5 Å². The van der Waals surface area contributed by atoms with E-state index in [0.29, 0.717) is 49.7 Å². The maximum Gasteiger partial charge on any atom is 0.273 e. The van der Waals surface area contributed by atoms with Crippen LogP contribution in [0.2, 0.25) is 0 Å². The van der Waals surface area contributed by atoms with E-state index in [1.165, 1.54) is 11.3 Å². The van der Waals surface area contributed by atoms with Gasteiger partial charge in [0, 0.05) is 49.4 Å². The Morgan fingerprint density at radius 1 is 1.16 bits per heavy atom. The van der Waals surface area contributed by atoms with Gasteiger partial charge in [-0.1, -0.05) is 6.07 Å². The molecular formula is C27H26N4O4S2. The summed E-state index contributed by atoms with van der Waals surface area (Å²) in [5.74, 6) is 1.48. The lowest BCUT2D eigenvalue weighted by Crippen LogP contribution is -2.35. The van der Waals surface area contributed by atoms with E-state index in [1.807, 2.05) is 51.7 Å². The predicted octanol–water partition coefficient (Wildman–Crippen LogP) is 5.11. The zero-order chi connectivity index (χ0) is 25.4. The number of aromatic nitrogens is 2. The van der Waals surface area contributed by atoms with Gasteiger partial charge >= 0.3 is 0 Å². The van der Waals surface area contributed by atoms with Gasteiger partial charge in [-0.15, -0.1) is 22.7 Å². The number of likely N-dealkylation sites (tertiary alicyclic amines) is 1. The minimum Gasteiger partial charge on any atom is -0.454 e. The fraction of sp³-hybridized carbons (Fsp3) is 0.333. The predicted molar refractivity (Wildman–Crippen MR) is 143 cm³/mol. The molecule has 0 bridgehead atoms. The number of carbonyl (C=O) groups is 2. The van der Waals surface area contributed by atoms with Crippen LogP contribution in [-0.4, -0.2) is 58.0 Å². The summed E-state index contributed by atoms with van der Waals surface area (Å²) in [4.78, 5) is 39.9. The zero-order valence-corrected chi connectivity index (χ0v) is 22.1. The first kappa shape index (κ1) is 23.9. The summed E-state index contributed by atoms with van der Waals surface area (Å²) >= 11 is 3.09. The highest BCUT2D eigenvalue weighted by Gasteiger charge is 2.24. The number of hydrogen-bond acceptors (Lipinski definition) is 8. The molecule has 0 spiro atoms. The molecule has 1 saturated heterocycles. The molecule has 2 amide bonds. The lowest BCUT2D eigenvalue weighted by atomic mass is 10.1. The van der Waals surface area contributed by atoms with E-state index < -0.39 is 0 Å². The number of nitrogens with zero attached hydrogens (tertiary/aromatic N) is 4. The molecule has 0 N–H and O–H groups in total. The third-order valence-corrected chi connectivity index (χ3v) is 8.31. The summed E-state index contributed by atoms with van der Waals surface area (Å²) in [5, 5.41) is 5.63. The fourth-order valence-corrected chi connectivity index (χ4v) is 6.17. The maximum absolute atomic E-state index is 13.6. The van der Waals surface area contributed by atoms with Gasteiger partial charge in [-0.2, -0.15) is 0 Å². The first-order valence-electron chi connectivity index (χ1n) is 12.3. The number of benzene rings is 1. The van der Waals surface area contributed by atoms with Crippen molar-refractivity contribution in [3.05, 3.63) is 57.4 Å². The van der Waals surface area contributed by atoms with Gasteiger partial charge in [0.2, 0.25) is 12.7 Å². The number of carbonyl (C=O) groups excluding carboxylic acids is 2. The van der Waals surface area contributed by atoms with Crippen molar-refractivity contribution in [1.82, 2.24) is 19.8 Å².